The lowest BCUT2D eigenvalue weighted by molar-refractivity contribution is -0.122. The predicted molar refractivity (Wildman–Crippen MR) is 201 cm³/mol. The molecule has 0 amide bonds. The lowest BCUT2D eigenvalue weighted by atomic mass is 10.3. The quantitative estimate of drug-likeness (QED) is 0.163. The molecule has 0 aliphatic rings. The first-order valence-electron chi connectivity index (χ1n) is 12.4. The molecular weight excluding hydrogens is 656 g/mol. The highest BCUT2D eigenvalue weighted by Gasteiger charge is 2.09. The van der Waals surface area contributed by atoms with Gasteiger partial charge in [-0.25, -0.2) is 16.8 Å². The molecule has 0 N–H and O–H groups in total. The van der Waals surface area contributed by atoms with Crippen molar-refractivity contribution in [2.45, 2.75) is 77.7 Å². The van der Waals surface area contributed by atoms with E-state index in [-0.39, 0.29) is 64.6 Å². The van der Waals surface area contributed by atoms with Crippen LogP contribution < -0.4 is 0 Å². The standard InChI is InChI=1S/C5H13O2P.C5H10O2.C4H10O3S.C4H10O2S2.C3H8O.C3H8S.4CH4/c1-4-8(3,6)5-7-2;1-3-5(6)4-7-2;2*1-3-8(5,6)4-7-2;2*1-3-4-2;;;;/h4-5H2,1-3H3;3-4H2,1-2H3;2*3-4H2,1-2H3;2*3H2,1-2H3;4*1H4. The number of ketones is 1. The molecule has 0 aromatic carbocycles. The Morgan fingerprint density at radius 2 is 1.09 bits per heavy atom. The Morgan fingerprint density at radius 3 is 1.19 bits per heavy atom. The van der Waals surface area contributed by atoms with Crippen molar-refractivity contribution in [1.29, 1.82) is 0 Å². The maximum atomic E-state index is 11.1. The molecule has 0 heterocycles. The van der Waals surface area contributed by atoms with Gasteiger partial charge in [-0.15, -0.1) is 11.8 Å². The Labute approximate surface area is 279 Å². The topological polar surface area (TPSA) is 139 Å². The minimum absolute atomic E-state index is 0. The summed E-state index contributed by atoms with van der Waals surface area (Å²) < 4.78 is 71.4. The molecule has 15 heteroatoms. The fourth-order valence-electron chi connectivity index (χ4n) is 1.15. The molecule has 0 spiro atoms. The summed E-state index contributed by atoms with van der Waals surface area (Å²) in [7, 11) is -1.35. The molecule has 0 saturated heterocycles. The van der Waals surface area contributed by atoms with Crippen molar-refractivity contribution >= 4 is 56.1 Å². The number of ether oxygens (including phenoxy) is 4. The van der Waals surface area contributed by atoms with E-state index in [1.807, 2.05) is 32.5 Å². The highest BCUT2D eigenvalue weighted by Crippen LogP contribution is 2.39. The molecule has 1 unspecified atom stereocenters. The molecule has 0 bridgehead atoms. The zero-order chi connectivity index (χ0) is 32.4. The van der Waals surface area contributed by atoms with E-state index in [2.05, 4.69) is 27.4 Å². The second-order valence-electron chi connectivity index (χ2n) is 7.39. The van der Waals surface area contributed by atoms with Crippen LogP contribution in [0.2, 0.25) is 0 Å². The molecule has 0 fully saturated rings. The molecule has 0 aliphatic heterocycles. The van der Waals surface area contributed by atoms with Crippen LogP contribution in [0.25, 0.3) is 0 Å². The fraction of sp³-hybridized carbons (Fsp3) is 0.964. The van der Waals surface area contributed by atoms with Crippen LogP contribution in [0.1, 0.15) is 77.7 Å². The number of rotatable bonds is 14. The Hall–Kier alpha value is 0.340. The van der Waals surface area contributed by atoms with Crippen LogP contribution in [0.5, 0.6) is 0 Å². The van der Waals surface area contributed by atoms with Crippen molar-refractivity contribution in [3.05, 3.63) is 0 Å². The van der Waals surface area contributed by atoms with Crippen LogP contribution in [0.4, 0.5) is 0 Å². The van der Waals surface area contributed by atoms with E-state index in [4.69, 9.17) is 4.74 Å². The second kappa shape index (κ2) is 51.9. The highest BCUT2D eigenvalue weighted by atomic mass is 32.3. The summed E-state index contributed by atoms with van der Waals surface area (Å²) in [4.78, 5) is 10.3. The van der Waals surface area contributed by atoms with E-state index in [0.717, 1.165) is 12.8 Å². The molecule has 0 radical (unpaired) electrons. The zero-order valence-electron chi connectivity index (χ0n) is 26.7. The molecule has 0 rings (SSSR count). The Balaban J connectivity index is -0.0000000380. The largest absolute Gasteiger partial charge is 0.385 e. The lowest BCUT2D eigenvalue weighted by Gasteiger charge is -2.06. The number of Topliss-reactive ketones (excluding diaryl/α,β-unsaturated/α-hetero) is 1. The van der Waals surface area contributed by atoms with Crippen molar-refractivity contribution in [1.82, 2.24) is 0 Å². The third-order valence-electron chi connectivity index (χ3n) is 3.82. The van der Waals surface area contributed by atoms with E-state index < -0.39 is 26.8 Å². The molecule has 43 heavy (non-hydrogen) atoms. The molecule has 0 saturated carbocycles. The predicted octanol–water partition coefficient (Wildman–Crippen LogP) is 7.55. The second-order valence-corrected chi connectivity index (χ2v) is 17.9. The normalized spacial score (nSPS) is 10.5. The summed E-state index contributed by atoms with van der Waals surface area (Å²) in [5, 5.41) is 0.253. The Morgan fingerprint density at radius 1 is 0.698 bits per heavy atom. The molecule has 0 aliphatic carbocycles. The van der Waals surface area contributed by atoms with Crippen LogP contribution in [-0.4, -0.2) is 124 Å². The van der Waals surface area contributed by atoms with Gasteiger partial charge in [0.1, 0.15) is 19.7 Å². The maximum Gasteiger partial charge on any atom is 0.173 e. The Kier molecular flexibility index (Phi) is 84.4. The number of carbonyl (C=O) groups excluding carboxylic acids is 1. The van der Waals surface area contributed by atoms with E-state index in [0.29, 0.717) is 12.8 Å². The van der Waals surface area contributed by atoms with Gasteiger partial charge < -0.3 is 23.5 Å². The average Bonchev–Trinajstić information content (AvgIpc) is 2.90. The van der Waals surface area contributed by atoms with Gasteiger partial charge in [0, 0.05) is 53.0 Å². The first-order chi connectivity index (χ1) is 18.0. The van der Waals surface area contributed by atoms with Crippen molar-refractivity contribution < 1.29 is 45.1 Å². The van der Waals surface area contributed by atoms with Crippen molar-refractivity contribution in [3.63, 3.8) is 0 Å². The number of hydrogen-bond donors (Lipinski definition) is 0. The summed E-state index contributed by atoms with van der Waals surface area (Å²) in [5.74, 6) is 1.64. The zero-order valence-corrected chi connectivity index (χ0v) is 30.9. The van der Waals surface area contributed by atoms with Crippen LogP contribution in [0.3, 0.4) is 0 Å². The number of thioether (sulfide) groups is 2. The number of methoxy groups -OCH3 is 4. The first-order valence-corrected chi connectivity index (χ1v) is 21.4. The molecule has 0 aromatic rings. The van der Waals surface area contributed by atoms with Crippen LogP contribution in [0, 0.1) is 0 Å². The monoisotopic (exact) mass is 730 g/mol. The minimum Gasteiger partial charge on any atom is -0.385 e. The van der Waals surface area contributed by atoms with Gasteiger partial charge in [0.05, 0.1) is 11.4 Å². The first kappa shape index (κ1) is 69.9. The van der Waals surface area contributed by atoms with Gasteiger partial charge in [0.25, 0.3) is 0 Å². The van der Waals surface area contributed by atoms with Crippen molar-refractivity contribution in [3.8, 4) is 0 Å². The highest BCUT2D eigenvalue weighted by molar-refractivity contribution is 8.12. The SMILES string of the molecule is C.C.C.C.CCC(=O)COC.CCOC.CCP(C)(=O)COC.CCS(=O)(=O)COC.CCS(=O)(=O)CSC.CCSC. The maximum absolute atomic E-state index is 11.1. The smallest absolute Gasteiger partial charge is 0.173 e. The number of hydrogen-bond acceptors (Lipinski definition) is 12. The Bertz CT molecular complexity index is 690. The fourth-order valence-corrected chi connectivity index (χ4v) is 4.51. The third kappa shape index (κ3) is 85.8. The summed E-state index contributed by atoms with van der Waals surface area (Å²) in [6, 6.07) is 0. The molecule has 0 aromatic heterocycles. The van der Waals surface area contributed by atoms with Gasteiger partial charge in [-0.3, -0.25) is 4.79 Å². The van der Waals surface area contributed by atoms with Crippen molar-refractivity contribution in [2.75, 3.05) is 102 Å². The van der Waals surface area contributed by atoms with Crippen molar-refractivity contribution in [2.24, 2.45) is 0 Å². The summed E-state index contributed by atoms with van der Waals surface area (Å²) in [5.41, 5.74) is 0. The summed E-state index contributed by atoms with van der Waals surface area (Å²) in [6.45, 7) is 13.9. The number of sulfone groups is 2. The molecular formula is C28H75O10PS4. The third-order valence-corrected chi connectivity index (χ3v) is 11.3. The average molecular weight is 731 g/mol. The summed E-state index contributed by atoms with van der Waals surface area (Å²) in [6.07, 6.45) is 5.62. The van der Waals surface area contributed by atoms with Gasteiger partial charge in [0.15, 0.2) is 25.5 Å². The molecule has 10 nitrogen and oxygen atoms in total. The molecule has 276 valence electrons. The van der Waals surface area contributed by atoms with E-state index in [1.54, 1.807) is 41.0 Å². The van der Waals surface area contributed by atoms with Crippen LogP contribution in [0.15, 0.2) is 0 Å². The van der Waals surface area contributed by atoms with E-state index >= 15 is 0 Å². The molecule has 1 atom stereocenters. The minimum atomic E-state index is -2.89. The lowest BCUT2D eigenvalue weighted by Crippen LogP contribution is -2.09. The van der Waals surface area contributed by atoms with Gasteiger partial charge >= 0.3 is 0 Å². The van der Waals surface area contributed by atoms with Gasteiger partial charge in [-0.2, -0.15) is 11.8 Å². The van der Waals surface area contributed by atoms with Crippen LogP contribution >= 0.6 is 30.7 Å². The summed E-state index contributed by atoms with van der Waals surface area (Å²) >= 11 is 3.20. The number of carbonyl (C=O) groups is 1. The van der Waals surface area contributed by atoms with Gasteiger partial charge in [0.2, 0.25) is 0 Å². The van der Waals surface area contributed by atoms with Gasteiger partial charge in [-0.1, -0.05) is 64.3 Å². The van der Waals surface area contributed by atoms with Gasteiger partial charge in [-0.05, 0) is 38.0 Å². The van der Waals surface area contributed by atoms with E-state index in [1.165, 1.54) is 31.7 Å². The van der Waals surface area contributed by atoms with Crippen LogP contribution in [-0.2, 0) is 48.0 Å². The van der Waals surface area contributed by atoms with E-state index in [9.17, 15) is 26.2 Å².